The van der Waals surface area contributed by atoms with Crippen molar-refractivity contribution in [3.05, 3.63) is 83.9 Å². The summed E-state index contributed by atoms with van der Waals surface area (Å²) in [4.78, 5) is 23.4. The van der Waals surface area contributed by atoms with Crippen molar-refractivity contribution in [1.29, 1.82) is 0 Å². The van der Waals surface area contributed by atoms with E-state index < -0.39 is 22.5 Å². The number of carbonyl (C=O) groups excluding carboxylic acids is 2. The van der Waals surface area contributed by atoms with E-state index >= 15 is 0 Å². The summed E-state index contributed by atoms with van der Waals surface area (Å²) >= 11 is 0. The van der Waals surface area contributed by atoms with Gasteiger partial charge in [-0.25, -0.2) is 13.8 Å². The summed E-state index contributed by atoms with van der Waals surface area (Å²) < 4.78 is 37.6. The molecule has 0 fully saturated rings. The van der Waals surface area contributed by atoms with Crippen LogP contribution < -0.4 is 20.2 Å². The molecule has 11 heteroatoms. The minimum Gasteiger partial charge on any atom is -0.493 e. The van der Waals surface area contributed by atoms with Crippen LogP contribution >= 0.6 is 0 Å². The van der Waals surface area contributed by atoms with Gasteiger partial charge in [-0.3, -0.25) is 9.59 Å². The highest BCUT2D eigenvalue weighted by atomic mass is 32.2. The lowest BCUT2D eigenvalue weighted by molar-refractivity contribution is -0.121. The van der Waals surface area contributed by atoms with Gasteiger partial charge in [0.15, 0.2) is 11.5 Å². The van der Waals surface area contributed by atoms with Crippen molar-refractivity contribution in [2.75, 3.05) is 26.0 Å². The number of carbonyl (C=O) groups is 2. The van der Waals surface area contributed by atoms with E-state index in [9.17, 15) is 18.0 Å². The topological polar surface area (TPSA) is 126 Å². The lowest BCUT2D eigenvalue weighted by atomic mass is 10.2. The Morgan fingerprint density at radius 1 is 1.00 bits per heavy atom. The van der Waals surface area contributed by atoms with Crippen LogP contribution in [0.3, 0.4) is 0 Å². The fraction of sp³-hybridized carbons (Fsp3) is 0.192. The maximum absolute atomic E-state index is 12.7. The first-order chi connectivity index (χ1) is 17.7. The molecule has 0 radical (unpaired) electrons. The van der Waals surface area contributed by atoms with Crippen molar-refractivity contribution in [1.82, 2.24) is 9.73 Å². The number of amides is 2. The van der Waals surface area contributed by atoms with Gasteiger partial charge in [0.25, 0.3) is 5.91 Å². The zero-order valence-corrected chi connectivity index (χ0v) is 21.5. The highest BCUT2D eigenvalue weighted by molar-refractivity contribution is 7.89. The quantitative estimate of drug-likeness (QED) is 0.293. The number of rotatable bonds is 11. The van der Waals surface area contributed by atoms with Gasteiger partial charge in [-0.15, -0.1) is 0 Å². The molecule has 0 spiro atoms. The van der Waals surface area contributed by atoms with E-state index in [1.165, 1.54) is 51.6 Å². The average molecular weight is 525 g/mol. The van der Waals surface area contributed by atoms with Crippen molar-refractivity contribution in [3.63, 3.8) is 0 Å². The predicted molar refractivity (Wildman–Crippen MR) is 140 cm³/mol. The number of benzene rings is 3. The molecule has 0 aliphatic rings. The summed E-state index contributed by atoms with van der Waals surface area (Å²) in [6, 6.07) is 20.6. The van der Waals surface area contributed by atoms with Crippen LogP contribution in [0.25, 0.3) is 0 Å². The molecule has 0 aromatic heterocycles. The monoisotopic (exact) mass is 524 g/mol. The normalized spacial score (nSPS) is 11.4. The minimum absolute atomic E-state index is 0.0120. The largest absolute Gasteiger partial charge is 0.493 e. The van der Waals surface area contributed by atoms with E-state index in [2.05, 4.69) is 15.8 Å². The van der Waals surface area contributed by atoms with Gasteiger partial charge in [-0.05, 0) is 53.6 Å². The zero-order valence-electron chi connectivity index (χ0n) is 20.7. The highest BCUT2D eigenvalue weighted by Crippen LogP contribution is 2.28. The van der Waals surface area contributed by atoms with Gasteiger partial charge in [0.2, 0.25) is 15.9 Å². The van der Waals surface area contributed by atoms with Gasteiger partial charge < -0.3 is 14.8 Å². The third-order valence-electron chi connectivity index (χ3n) is 5.08. The molecule has 2 amide bonds. The lowest BCUT2D eigenvalue weighted by Crippen LogP contribution is -2.36. The average Bonchev–Trinajstić information content (AvgIpc) is 2.88. The lowest BCUT2D eigenvalue weighted by Gasteiger charge is -2.16. The van der Waals surface area contributed by atoms with Crippen LogP contribution in [0.5, 0.6) is 11.5 Å². The molecule has 0 aliphatic heterocycles. The van der Waals surface area contributed by atoms with Gasteiger partial charge in [-0.1, -0.05) is 30.3 Å². The first-order valence-electron chi connectivity index (χ1n) is 11.2. The van der Waals surface area contributed by atoms with Crippen molar-refractivity contribution in [2.24, 2.45) is 5.10 Å². The van der Waals surface area contributed by atoms with Crippen LogP contribution in [-0.2, 0) is 26.2 Å². The number of hydrazone groups is 1. The molecule has 0 aliphatic carbocycles. The van der Waals surface area contributed by atoms with Crippen molar-refractivity contribution < 1.29 is 27.5 Å². The number of anilines is 1. The van der Waals surface area contributed by atoms with Gasteiger partial charge in [0.1, 0.15) is 6.61 Å². The molecule has 0 atom stereocenters. The molecule has 37 heavy (non-hydrogen) atoms. The number of nitrogens with zero attached hydrogens (tertiary/aromatic N) is 2. The van der Waals surface area contributed by atoms with E-state index in [1.807, 2.05) is 30.3 Å². The number of hydrogen-bond donors (Lipinski definition) is 2. The molecule has 0 saturated carbocycles. The van der Waals surface area contributed by atoms with E-state index in [-0.39, 0.29) is 10.8 Å². The molecule has 3 aromatic rings. The molecule has 0 saturated heterocycles. The standard InChI is InChI=1S/C26H28N4O6S/c1-19(31)28-22-10-12-23(13-11-22)37(33,34)30(2)17-26(32)29-27-16-21-9-14-24(25(15-21)35-3)36-18-20-7-5-4-6-8-20/h4-16H,17-18H2,1-3H3,(H,28,31)(H,29,32)/b27-16-. The zero-order chi connectivity index (χ0) is 26.8. The van der Waals surface area contributed by atoms with Crippen LogP contribution in [0.2, 0.25) is 0 Å². The molecule has 10 nitrogen and oxygen atoms in total. The van der Waals surface area contributed by atoms with Gasteiger partial charge >= 0.3 is 0 Å². The van der Waals surface area contributed by atoms with E-state index in [4.69, 9.17) is 9.47 Å². The Morgan fingerprint density at radius 2 is 1.70 bits per heavy atom. The molecule has 3 aromatic carbocycles. The first kappa shape index (κ1) is 27.4. The molecule has 0 unspecified atom stereocenters. The van der Waals surface area contributed by atoms with Gasteiger partial charge in [-0.2, -0.15) is 9.41 Å². The Hall–Kier alpha value is -4.22. The van der Waals surface area contributed by atoms with E-state index in [0.717, 1.165) is 9.87 Å². The molecule has 2 N–H and O–H groups in total. The van der Waals surface area contributed by atoms with Crippen molar-refractivity contribution in [2.45, 2.75) is 18.4 Å². The first-order valence-corrected chi connectivity index (χ1v) is 12.6. The van der Waals surface area contributed by atoms with Crippen LogP contribution in [0.1, 0.15) is 18.1 Å². The van der Waals surface area contributed by atoms with Crippen molar-refractivity contribution in [3.8, 4) is 11.5 Å². The summed E-state index contributed by atoms with van der Waals surface area (Å²) in [6.07, 6.45) is 1.41. The maximum atomic E-state index is 12.7. The smallest absolute Gasteiger partial charge is 0.255 e. The predicted octanol–water partition coefficient (Wildman–Crippen LogP) is 3.00. The van der Waals surface area contributed by atoms with Crippen molar-refractivity contribution >= 4 is 33.7 Å². The highest BCUT2D eigenvalue weighted by Gasteiger charge is 2.23. The maximum Gasteiger partial charge on any atom is 0.255 e. The summed E-state index contributed by atoms with van der Waals surface area (Å²) in [6.45, 7) is 1.30. The molecule has 194 valence electrons. The van der Waals surface area contributed by atoms with Gasteiger partial charge in [0.05, 0.1) is 24.8 Å². The number of sulfonamides is 1. The SMILES string of the molecule is COc1cc(/C=N\NC(=O)CN(C)S(=O)(=O)c2ccc(NC(C)=O)cc2)ccc1OCc1ccccc1. The Morgan fingerprint density at radius 3 is 2.35 bits per heavy atom. The van der Waals surface area contributed by atoms with Gasteiger partial charge in [0, 0.05) is 19.7 Å². The number of hydrogen-bond acceptors (Lipinski definition) is 7. The number of methoxy groups -OCH3 is 1. The second-order valence-electron chi connectivity index (χ2n) is 7.94. The van der Waals surface area contributed by atoms with Crippen LogP contribution in [0.4, 0.5) is 5.69 Å². The summed E-state index contributed by atoms with van der Waals surface area (Å²) in [7, 11) is -1.10. The number of likely N-dealkylation sites (N-methyl/N-ethyl adjacent to an activating group) is 1. The Bertz CT molecular complexity index is 1360. The number of ether oxygens (including phenoxy) is 2. The summed E-state index contributed by atoms with van der Waals surface area (Å²) in [5.41, 5.74) is 4.45. The molecular formula is C26H28N4O6S. The summed E-state index contributed by atoms with van der Waals surface area (Å²) in [5.74, 6) is 0.175. The minimum atomic E-state index is -3.92. The Balaban J connectivity index is 1.55. The van der Waals surface area contributed by atoms with E-state index in [0.29, 0.717) is 29.4 Å². The van der Waals surface area contributed by atoms with Crippen LogP contribution in [0, 0.1) is 0 Å². The second kappa shape index (κ2) is 12.7. The van der Waals surface area contributed by atoms with Crippen LogP contribution in [-0.4, -0.2) is 51.5 Å². The second-order valence-corrected chi connectivity index (χ2v) is 9.99. The fourth-order valence-electron chi connectivity index (χ4n) is 3.21. The molecule has 0 heterocycles. The number of nitrogens with one attached hydrogen (secondary N) is 2. The molecule has 0 bridgehead atoms. The van der Waals surface area contributed by atoms with Crippen LogP contribution in [0.15, 0.2) is 82.8 Å². The third kappa shape index (κ3) is 7.89. The fourth-order valence-corrected chi connectivity index (χ4v) is 4.34. The molecular weight excluding hydrogens is 496 g/mol. The Kier molecular flexibility index (Phi) is 9.36. The third-order valence-corrected chi connectivity index (χ3v) is 6.89. The molecule has 3 rings (SSSR count). The summed E-state index contributed by atoms with van der Waals surface area (Å²) in [5, 5.41) is 6.47. The Labute approximate surface area is 216 Å². The van der Waals surface area contributed by atoms with E-state index in [1.54, 1.807) is 18.2 Å².